The number of rotatable bonds is 4. The van der Waals surface area contributed by atoms with Crippen LogP contribution in [-0.2, 0) is 17.1 Å². The molecule has 0 aromatic heterocycles. The third-order valence-corrected chi connectivity index (χ3v) is 10.2. The van der Waals surface area contributed by atoms with Crippen LogP contribution in [0, 0.1) is 11.8 Å². The molecule has 0 fully saturated rings. The molecular weight excluding hydrogens is 516 g/mol. The molecule has 5 rings (SSSR count). The Labute approximate surface area is 230 Å². The van der Waals surface area contributed by atoms with Crippen molar-refractivity contribution in [1.82, 2.24) is 0 Å². The van der Waals surface area contributed by atoms with E-state index in [1.807, 2.05) is 30.3 Å². The summed E-state index contributed by atoms with van der Waals surface area (Å²) in [5.74, 6) is 0. The fraction of sp³-hybridized carbons (Fsp3) is 0.0625. The first kappa shape index (κ1) is 31.1. The molecule has 0 bridgehead atoms. The van der Waals surface area contributed by atoms with Gasteiger partial charge >= 0.3 is 17.1 Å². The van der Waals surface area contributed by atoms with E-state index >= 15 is 0 Å². The first-order valence-electron chi connectivity index (χ1n) is 11.5. The van der Waals surface area contributed by atoms with Gasteiger partial charge in [0.1, 0.15) is 0 Å². The molecule has 0 saturated carbocycles. The molecule has 0 saturated heterocycles. The van der Waals surface area contributed by atoms with Crippen LogP contribution in [0.5, 0.6) is 0 Å². The van der Waals surface area contributed by atoms with Gasteiger partial charge in [-0.15, -0.1) is 0 Å². The van der Waals surface area contributed by atoms with E-state index in [4.69, 9.17) is 11.8 Å². The second-order valence-corrected chi connectivity index (χ2v) is 12.5. The molecule has 5 aromatic carbocycles. The van der Waals surface area contributed by atoms with Crippen LogP contribution in [0.15, 0.2) is 152 Å². The van der Waals surface area contributed by atoms with Crippen LogP contribution in [0.25, 0.3) is 0 Å². The minimum Gasteiger partial charge on any atom is -0.512 e. The minimum atomic E-state index is -0.545. The molecule has 0 unspecified atom stereocenters. The van der Waals surface area contributed by atoms with Crippen LogP contribution in [0.4, 0.5) is 0 Å². The molecule has 0 spiro atoms. The molecule has 0 amide bonds. The summed E-state index contributed by atoms with van der Waals surface area (Å²) in [5, 5.41) is 12.2. The smallest absolute Gasteiger partial charge is 0.512 e. The third-order valence-electron chi connectivity index (χ3n) is 5.38. The van der Waals surface area contributed by atoms with Crippen molar-refractivity contribution in [1.29, 1.82) is 5.26 Å². The maximum absolute atomic E-state index is 6.25. The second kappa shape index (κ2) is 19.3. The zero-order valence-electron chi connectivity index (χ0n) is 20.7. The van der Waals surface area contributed by atoms with E-state index in [2.05, 4.69) is 135 Å². The molecule has 5 aromatic rings. The zero-order chi connectivity index (χ0) is 25.1. The Balaban J connectivity index is 0.000000280. The summed E-state index contributed by atoms with van der Waals surface area (Å²) in [5.41, 5.74) is 0. The van der Waals surface area contributed by atoms with E-state index in [0.29, 0.717) is 0 Å². The van der Waals surface area contributed by atoms with Crippen molar-refractivity contribution in [2.75, 3.05) is 13.3 Å². The molecule has 0 aliphatic rings. The van der Waals surface area contributed by atoms with E-state index in [1.165, 1.54) is 21.2 Å². The molecule has 0 heterocycles. The van der Waals surface area contributed by atoms with E-state index in [-0.39, 0.29) is 17.1 Å². The van der Waals surface area contributed by atoms with Gasteiger partial charge in [-0.25, -0.2) is 12.1 Å². The Morgan fingerprint density at radius 3 is 0.833 bits per heavy atom. The van der Waals surface area contributed by atoms with Crippen molar-refractivity contribution >= 4 is 37.1 Å². The van der Waals surface area contributed by atoms with E-state index < -0.39 is 15.8 Å². The number of hydrogen-bond donors (Lipinski definition) is 0. The van der Waals surface area contributed by atoms with Gasteiger partial charge in [-0.3, -0.25) is 0 Å². The normalized spacial score (nSPS) is 9.28. The van der Waals surface area contributed by atoms with Crippen molar-refractivity contribution in [2.45, 2.75) is 0 Å². The van der Waals surface area contributed by atoms with Gasteiger partial charge in [-0.1, -0.05) is 72.8 Å². The summed E-state index contributed by atoms with van der Waals surface area (Å²) in [4.78, 5) is 0. The Kier molecular flexibility index (Phi) is 16.7. The van der Waals surface area contributed by atoms with Crippen LogP contribution in [0.2, 0.25) is 0 Å². The molecule has 178 valence electrons. The van der Waals surface area contributed by atoms with Gasteiger partial charge in [0.25, 0.3) is 0 Å². The summed E-state index contributed by atoms with van der Waals surface area (Å²) in [6.45, 7) is 9.44. The molecule has 4 heteroatoms. The molecule has 36 heavy (non-hydrogen) atoms. The van der Waals surface area contributed by atoms with Gasteiger partial charge in [0, 0.05) is 0 Å². The monoisotopic (exact) mass is 549 g/mol. The standard InChI is InChI=1S/2C13H13P.C5H5.CN.Fe/c2*1-14(12-8-4-2-5-9-12)13-10-6-3-7-11-13;1-2-4-5-3-1;1-2;/h2*2-11H,1H3;1-5H;;/q;;2*-1;+6/p+2. The summed E-state index contributed by atoms with van der Waals surface area (Å²) >= 11 is 0. The van der Waals surface area contributed by atoms with Crippen LogP contribution < -0.4 is 21.2 Å². The molecule has 0 radical (unpaired) electrons. The average Bonchev–Trinajstić information content (AvgIpc) is 3.56. The van der Waals surface area contributed by atoms with Crippen molar-refractivity contribution in [3.8, 4) is 0 Å². The maximum atomic E-state index is 6.25. The predicted molar refractivity (Wildman–Crippen MR) is 160 cm³/mol. The molecule has 0 N–H and O–H groups in total. The molecule has 0 aliphatic carbocycles. The number of hydrogen-bond acceptors (Lipinski definition) is 1. The largest absolute Gasteiger partial charge is 6.00 e. The van der Waals surface area contributed by atoms with E-state index in [1.54, 1.807) is 0 Å². The number of benzene rings is 4. The average molecular weight is 549 g/mol. The maximum Gasteiger partial charge on any atom is 6.00 e. The van der Waals surface area contributed by atoms with Gasteiger partial charge in [-0.05, 0) is 48.5 Å². The van der Waals surface area contributed by atoms with Crippen LogP contribution in [-0.4, -0.2) is 13.3 Å². The fourth-order valence-corrected chi connectivity index (χ4v) is 6.84. The van der Waals surface area contributed by atoms with Crippen molar-refractivity contribution < 1.29 is 17.1 Å². The molecule has 1 nitrogen and oxygen atoms in total. The van der Waals surface area contributed by atoms with E-state index in [0.717, 1.165) is 0 Å². The van der Waals surface area contributed by atoms with Gasteiger partial charge in [-0.2, -0.15) is 18.2 Å². The summed E-state index contributed by atoms with van der Waals surface area (Å²) in [6.07, 6.45) is 0. The van der Waals surface area contributed by atoms with Gasteiger partial charge in [0.15, 0.2) is 0 Å². The Morgan fingerprint density at radius 1 is 0.444 bits per heavy atom. The van der Waals surface area contributed by atoms with Gasteiger partial charge in [0.2, 0.25) is 0 Å². The van der Waals surface area contributed by atoms with Crippen LogP contribution in [0.1, 0.15) is 0 Å². The van der Waals surface area contributed by atoms with Gasteiger partial charge < -0.3 is 11.8 Å². The number of nitrogens with zero attached hydrogens (tertiary/aromatic N) is 1. The topological polar surface area (TPSA) is 23.8 Å². The first-order chi connectivity index (χ1) is 17.3. The predicted octanol–water partition coefficient (Wildman–Crippen LogP) is 6.46. The minimum absolute atomic E-state index is 0. The van der Waals surface area contributed by atoms with Crippen LogP contribution >= 0.6 is 15.8 Å². The molecule has 0 atom stereocenters. The van der Waals surface area contributed by atoms with Crippen molar-refractivity contribution in [2.24, 2.45) is 0 Å². The second-order valence-electron chi connectivity index (χ2n) is 7.68. The SMILES string of the molecule is C[PH+](c1ccccc1)c1ccccc1.C[PH+](c1ccccc1)c1ccccc1.[C-]#N.[Fe+6].c1cc[cH-]c1. The quantitative estimate of drug-likeness (QED) is 0.143. The Bertz CT molecular complexity index is 986. The fourth-order valence-electron chi connectivity index (χ4n) is 3.41. The zero-order valence-corrected chi connectivity index (χ0v) is 23.8. The van der Waals surface area contributed by atoms with E-state index in [9.17, 15) is 0 Å². The molecule has 0 aliphatic heterocycles. The van der Waals surface area contributed by atoms with Crippen LogP contribution in [0.3, 0.4) is 0 Å². The van der Waals surface area contributed by atoms with Crippen molar-refractivity contribution in [3.05, 3.63) is 158 Å². The summed E-state index contributed by atoms with van der Waals surface area (Å²) < 4.78 is 0. The summed E-state index contributed by atoms with van der Waals surface area (Å²) in [7, 11) is -1.09. The Hall–Kier alpha value is -2.90. The Morgan fingerprint density at radius 2 is 0.667 bits per heavy atom. The first-order valence-corrected chi connectivity index (χ1v) is 15.5. The third kappa shape index (κ3) is 11.2. The van der Waals surface area contributed by atoms with Gasteiger partial charge in [0.05, 0.1) is 50.4 Å². The molecular formula is C32H33FeNP2+6. The van der Waals surface area contributed by atoms with Crippen molar-refractivity contribution in [3.63, 3.8) is 0 Å². The summed E-state index contributed by atoms with van der Waals surface area (Å²) in [6, 6.07) is 53.0.